The molecule has 12 heavy (non-hydrogen) atoms. The zero-order valence-electron chi connectivity index (χ0n) is 7.44. The van der Waals surface area contributed by atoms with Crippen LogP contribution < -0.4 is 0 Å². The smallest absolute Gasteiger partial charge is 0.181 e. The highest BCUT2D eigenvalue weighted by atomic mass is 32.2. The predicted octanol–water partition coefficient (Wildman–Crippen LogP) is 2.54. The monoisotopic (exact) mass is 184 g/mol. The van der Waals surface area contributed by atoms with Crippen LogP contribution in [-0.4, -0.2) is 15.9 Å². The fourth-order valence-corrected chi connectivity index (χ4v) is 1.00. The minimum Gasteiger partial charge on any atom is -0.451 e. The lowest BCUT2D eigenvalue weighted by molar-refractivity contribution is 0.557. The molecule has 1 aromatic heterocycles. The molecular weight excluding hydrogens is 172 g/mol. The Morgan fingerprint density at radius 1 is 1.58 bits per heavy atom. The summed E-state index contributed by atoms with van der Waals surface area (Å²) in [5.74, 6) is 0. The topological polar surface area (TPSA) is 38.4 Å². The van der Waals surface area contributed by atoms with Gasteiger partial charge in [0.05, 0.1) is 6.21 Å². The fraction of sp³-hybridized carbons (Fsp3) is 0.500. The van der Waals surface area contributed by atoms with E-state index in [4.69, 9.17) is 4.42 Å². The lowest BCUT2D eigenvalue weighted by Gasteiger charge is -2.11. The van der Waals surface area contributed by atoms with Crippen LogP contribution in [0.4, 0.5) is 0 Å². The second-order valence-electron chi connectivity index (χ2n) is 3.35. The molecule has 1 rings (SSSR count). The molecule has 0 fully saturated rings. The van der Waals surface area contributed by atoms with Crippen molar-refractivity contribution in [2.45, 2.75) is 25.5 Å². The summed E-state index contributed by atoms with van der Waals surface area (Å²) in [6.07, 6.45) is 4.65. The first-order valence-electron chi connectivity index (χ1n) is 3.68. The number of rotatable bonds is 2. The highest BCUT2D eigenvalue weighted by molar-refractivity contribution is 7.99. The van der Waals surface area contributed by atoms with Crippen molar-refractivity contribution in [3.8, 4) is 0 Å². The van der Waals surface area contributed by atoms with Gasteiger partial charge in [-0.05, 0) is 32.7 Å². The van der Waals surface area contributed by atoms with Gasteiger partial charge >= 0.3 is 0 Å². The Morgan fingerprint density at radius 3 is 2.83 bits per heavy atom. The van der Waals surface area contributed by atoms with E-state index in [1.807, 2.05) is 0 Å². The second-order valence-corrected chi connectivity index (χ2v) is 4.97. The van der Waals surface area contributed by atoms with Gasteiger partial charge in [0.15, 0.2) is 6.39 Å². The van der Waals surface area contributed by atoms with Crippen LogP contribution in [0.25, 0.3) is 0 Å². The van der Waals surface area contributed by atoms with E-state index in [1.165, 1.54) is 18.3 Å². The van der Waals surface area contributed by atoms with Crippen molar-refractivity contribution in [1.82, 2.24) is 4.98 Å². The van der Waals surface area contributed by atoms with Crippen LogP contribution in [0.3, 0.4) is 0 Å². The van der Waals surface area contributed by atoms with Crippen molar-refractivity contribution in [2.75, 3.05) is 0 Å². The molecule has 0 unspecified atom stereocenters. The zero-order chi connectivity index (χ0) is 9.03. The van der Waals surface area contributed by atoms with Gasteiger partial charge in [-0.15, -0.1) is 0 Å². The molecule has 0 amide bonds. The lowest BCUT2D eigenvalue weighted by Crippen LogP contribution is -2.04. The van der Waals surface area contributed by atoms with Crippen molar-refractivity contribution in [2.24, 2.45) is 4.40 Å². The van der Waals surface area contributed by atoms with Crippen LogP contribution in [0.5, 0.6) is 0 Å². The Morgan fingerprint density at radius 2 is 2.33 bits per heavy atom. The van der Waals surface area contributed by atoms with Crippen LogP contribution in [-0.2, 0) is 0 Å². The Kier molecular flexibility index (Phi) is 2.92. The second kappa shape index (κ2) is 3.76. The first-order valence-corrected chi connectivity index (χ1v) is 4.45. The van der Waals surface area contributed by atoms with Gasteiger partial charge in [-0.1, -0.05) is 0 Å². The average molecular weight is 184 g/mol. The third kappa shape index (κ3) is 3.57. The minimum absolute atomic E-state index is 0.153. The van der Waals surface area contributed by atoms with Crippen LogP contribution in [0.15, 0.2) is 21.5 Å². The number of hydrogen-bond donors (Lipinski definition) is 0. The van der Waals surface area contributed by atoms with E-state index in [9.17, 15) is 0 Å². The normalized spacial score (nSPS) is 12.6. The maximum atomic E-state index is 4.79. The van der Waals surface area contributed by atoms with Crippen molar-refractivity contribution < 1.29 is 4.42 Å². The molecule has 0 aromatic carbocycles. The molecule has 0 aliphatic carbocycles. The van der Waals surface area contributed by atoms with Crippen LogP contribution in [0.1, 0.15) is 26.5 Å². The van der Waals surface area contributed by atoms with E-state index < -0.39 is 0 Å². The summed E-state index contributed by atoms with van der Waals surface area (Å²) >= 11 is 1.52. The minimum atomic E-state index is 0.153. The van der Waals surface area contributed by atoms with E-state index in [1.54, 1.807) is 12.5 Å². The number of aromatic nitrogens is 1. The van der Waals surface area contributed by atoms with Gasteiger partial charge < -0.3 is 4.42 Å². The summed E-state index contributed by atoms with van der Waals surface area (Å²) in [4.78, 5) is 3.91. The standard InChI is InChI=1S/C8H12N2OS/c1-8(2,3)12-10-4-7-5-11-6-9-7/h4-6H,1-3H3. The van der Waals surface area contributed by atoms with E-state index in [0.717, 1.165) is 5.69 Å². The van der Waals surface area contributed by atoms with Crippen molar-refractivity contribution in [3.05, 3.63) is 18.4 Å². The quantitative estimate of drug-likeness (QED) is 0.523. The lowest BCUT2D eigenvalue weighted by atomic mass is 10.3. The molecular formula is C8H12N2OS. The molecule has 66 valence electrons. The van der Waals surface area contributed by atoms with Gasteiger partial charge in [0.1, 0.15) is 12.0 Å². The first kappa shape index (κ1) is 9.32. The summed E-state index contributed by atoms with van der Waals surface area (Å²) < 4.78 is 9.09. The maximum absolute atomic E-state index is 4.79. The number of oxazole rings is 1. The third-order valence-electron chi connectivity index (χ3n) is 0.963. The molecule has 0 N–H and O–H groups in total. The number of nitrogens with zero attached hydrogens (tertiary/aromatic N) is 2. The molecule has 0 atom stereocenters. The maximum Gasteiger partial charge on any atom is 0.181 e. The molecule has 1 heterocycles. The molecule has 4 heteroatoms. The Labute approximate surface area is 76.4 Å². The first-order chi connectivity index (χ1) is 5.58. The van der Waals surface area contributed by atoms with Gasteiger partial charge in [-0.25, -0.2) is 9.38 Å². The molecule has 0 bridgehead atoms. The summed E-state index contributed by atoms with van der Waals surface area (Å²) in [5, 5.41) is 0. The average Bonchev–Trinajstić information content (AvgIpc) is 2.36. The zero-order valence-corrected chi connectivity index (χ0v) is 8.26. The van der Waals surface area contributed by atoms with E-state index >= 15 is 0 Å². The van der Waals surface area contributed by atoms with Crippen molar-refractivity contribution in [1.29, 1.82) is 0 Å². The van der Waals surface area contributed by atoms with E-state index in [-0.39, 0.29) is 4.75 Å². The van der Waals surface area contributed by atoms with E-state index in [0.29, 0.717) is 0 Å². The van der Waals surface area contributed by atoms with Crippen molar-refractivity contribution in [3.63, 3.8) is 0 Å². The third-order valence-corrected chi connectivity index (χ3v) is 1.72. The van der Waals surface area contributed by atoms with Crippen LogP contribution >= 0.6 is 11.9 Å². The number of hydrogen-bond acceptors (Lipinski definition) is 4. The van der Waals surface area contributed by atoms with Gasteiger partial charge in [0, 0.05) is 4.75 Å². The molecule has 0 radical (unpaired) electrons. The Bertz CT molecular complexity index is 249. The Hall–Kier alpha value is -0.770. The molecule has 0 aliphatic heterocycles. The van der Waals surface area contributed by atoms with Gasteiger partial charge in [0.25, 0.3) is 0 Å². The summed E-state index contributed by atoms with van der Waals surface area (Å²) in [7, 11) is 0. The molecule has 0 aliphatic rings. The van der Waals surface area contributed by atoms with Gasteiger partial charge in [0.2, 0.25) is 0 Å². The van der Waals surface area contributed by atoms with Gasteiger partial charge in [-0.3, -0.25) is 0 Å². The van der Waals surface area contributed by atoms with Crippen LogP contribution in [0, 0.1) is 0 Å². The van der Waals surface area contributed by atoms with E-state index in [2.05, 4.69) is 30.2 Å². The SMILES string of the molecule is CC(C)(C)SN=Cc1cocn1. The molecule has 0 spiro atoms. The summed E-state index contributed by atoms with van der Waals surface area (Å²) in [6, 6.07) is 0. The Balaban J connectivity index is 2.42. The molecule has 0 saturated carbocycles. The summed E-state index contributed by atoms with van der Waals surface area (Å²) in [5.41, 5.74) is 0.756. The van der Waals surface area contributed by atoms with Crippen molar-refractivity contribution >= 4 is 18.2 Å². The predicted molar refractivity (Wildman–Crippen MR) is 51.4 cm³/mol. The molecule has 3 nitrogen and oxygen atoms in total. The highest BCUT2D eigenvalue weighted by Gasteiger charge is 2.08. The summed E-state index contributed by atoms with van der Waals surface area (Å²) in [6.45, 7) is 6.33. The van der Waals surface area contributed by atoms with Crippen LogP contribution in [0.2, 0.25) is 0 Å². The van der Waals surface area contributed by atoms with Gasteiger partial charge in [-0.2, -0.15) is 0 Å². The largest absolute Gasteiger partial charge is 0.451 e. The highest BCUT2D eigenvalue weighted by Crippen LogP contribution is 2.23. The molecule has 0 saturated heterocycles. The molecule has 1 aromatic rings. The fourth-order valence-electron chi connectivity index (χ4n) is 0.524.